The number of hydrogen-bond acceptors (Lipinski definition) is 7. The Hall–Kier alpha value is -3.73. The molecule has 1 heterocycles. The highest BCUT2D eigenvalue weighted by Gasteiger charge is 2.19. The molecule has 4 rings (SSSR count). The number of esters is 1. The second-order valence-electron chi connectivity index (χ2n) is 9.01. The summed E-state index contributed by atoms with van der Waals surface area (Å²) in [6, 6.07) is 14.7. The Morgan fingerprint density at radius 2 is 1.79 bits per heavy atom. The van der Waals surface area contributed by atoms with Crippen molar-refractivity contribution in [2.45, 2.75) is 33.6 Å². The zero-order valence-electron chi connectivity index (χ0n) is 22.0. The van der Waals surface area contributed by atoms with E-state index in [4.69, 9.17) is 19.2 Å². The second kappa shape index (κ2) is 11.3. The third-order valence-electron chi connectivity index (χ3n) is 6.01. The Balaban J connectivity index is 1.94. The zero-order valence-corrected chi connectivity index (χ0v) is 24.2. The van der Waals surface area contributed by atoms with Crippen molar-refractivity contribution >= 4 is 45.7 Å². The Morgan fingerprint density at radius 1 is 1.08 bits per heavy atom. The standard InChI is InChI=1S/C29H28IN3O5/c1-16(2)21-14-22(17(3)11-25(21)36-5)28-32-24-10-8-7-9-20(24)29(35)33(28)31-15-19-12-23(30)27(38-18(4)34)26(13-19)37-6/h7-16H,1-6H3. The Kier molecular flexibility index (Phi) is 8.15. The number of nitrogens with zero attached hydrogens (tertiary/aromatic N) is 3. The molecular formula is C29H28IN3O5. The van der Waals surface area contributed by atoms with Crippen molar-refractivity contribution < 1.29 is 19.0 Å². The number of rotatable bonds is 7. The molecule has 0 fully saturated rings. The molecule has 0 amide bonds. The molecule has 0 saturated heterocycles. The van der Waals surface area contributed by atoms with E-state index >= 15 is 0 Å². The van der Waals surface area contributed by atoms with Gasteiger partial charge in [-0.1, -0.05) is 26.0 Å². The molecule has 0 N–H and O–H groups in total. The summed E-state index contributed by atoms with van der Waals surface area (Å²) in [5.74, 6) is 1.66. The predicted octanol–water partition coefficient (Wildman–Crippen LogP) is 5.92. The van der Waals surface area contributed by atoms with Crippen LogP contribution in [0.5, 0.6) is 17.2 Å². The Bertz CT molecular complexity index is 1630. The van der Waals surface area contributed by atoms with Crippen molar-refractivity contribution in [3.63, 3.8) is 0 Å². The van der Waals surface area contributed by atoms with Gasteiger partial charge in [0.2, 0.25) is 0 Å². The number of ether oxygens (including phenoxy) is 3. The first-order chi connectivity index (χ1) is 18.1. The summed E-state index contributed by atoms with van der Waals surface area (Å²) >= 11 is 2.07. The molecule has 9 heteroatoms. The molecule has 0 atom stereocenters. The number of benzene rings is 3. The summed E-state index contributed by atoms with van der Waals surface area (Å²) in [4.78, 5) is 30.0. The van der Waals surface area contributed by atoms with Gasteiger partial charge in [-0.05, 0) is 88.5 Å². The Morgan fingerprint density at radius 3 is 2.45 bits per heavy atom. The van der Waals surface area contributed by atoms with Crippen molar-refractivity contribution in [2.24, 2.45) is 5.10 Å². The summed E-state index contributed by atoms with van der Waals surface area (Å²) in [5.41, 5.74) is 3.64. The molecule has 0 unspecified atom stereocenters. The third kappa shape index (κ3) is 5.42. The molecule has 3 aromatic carbocycles. The summed E-state index contributed by atoms with van der Waals surface area (Å²) in [7, 11) is 3.14. The lowest BCUT2D eigenvalue weighted by Gasteiger charge is -2.17. The minimum absolute atomic E-state index is 0.193. The average Bonchev–Trinajstić information content (AvgIpc) is 2.88. The van der Waals surface area contributed by atoms with E-state index in [1.54, 1.807) is 37.6 Å². The van der Waals surface area contributed by atoms with Crippen LogP contribution >= 0.6 is 22.6 Å². The van der Waals surface area contributed by atoms with Crippen molar-refractivity contribution in [3.05, 3.63) is 79.1 Å². The highest BCUT2D eigenvalue weighted by molar-refractivity contribution is 14.1. The van der Waals surface area contributed by atoms with Gasteiger partial charge in [-0.15, -0.1) is 0 Å². The summed E-state index contributed by atoms with van der Waals surface area (Å²) in [6.07, 6.45) is 1.56. The monoisotopic (exact) mass is 625 g/mol. The topological polar surface area (TPSA) is 92.0 Å². The number of hydrogen-bond donors (Lipinski definition) is 0. The van der Waals surface area contributed by atoms with Gasteiger partial charge in [0.15, 0.2) is 17.3 Å². The van der Waals surface area contributed by atoms with Gasteiger partial charge in [0.1, 0.15) is 5.75 Å². The maximum atomic E-state index is 13.7. The number of fused-ring (bicyclic) bond motifs is 1. The van der Waals surface area contributed by atoms with E-state index < -0.39 is 5.97 Å². The lowest BCUT2D eigenvalue weighted by atomic mass is 9.96. The van der Waals surface area contributed by atoms with Crippen LogP contribution in [-0.2, 0) is 4.79 Å². The van der Waals surface area contributed by atoms with Crippen LogP contribution in [0.2, 0.25) is 0 Å². The molecule has 8 nitrogen and oxygen atoms in total. The summed E-state index contributed by atoms with van der Waals surface area (Å²) < 4.78 is 18.3. The fourth-order valence-electron chi connectivity index (χ4n) is 4.15. The first-order valence-corrected chi connectivity index (χ1v) is 13.0. The van der Waals surface area contributed by atoms with Gasteiger partial charge in [-0.25, -0.2) is 4.98 Å². The molecule has 0 aliphatic rings. The quantitative estimate of drug-likeness (QED) is 0.110. The number of para-hydroxylation sites is 1. The normalized spacial score (nSPS) is 11.4. The molecular weight excluding hydrogens is 597 g/mol. The van der Waals surface area contributed by atoms with E-state index in [-0.39, 0.29) is 11.5 Å². The fraction of sp³-hybridized carbons (Fsp3) is 0.241. The van der Waals surface area contributed by atoms with Crippen molar-refractivity contribution in [1.82, 2.24) is 9.66 Å². The molecule has 1 aromatic heterocycles. The fourth-order valence-corrected chi connectivity index (χ4v) is 4.89. The molecule has 0 aliphatic carbocycles. The van der Waals surface area contributed by atoms with Crippen LogP contribution in [0.25, 0.3) is 22.3 Å². The first-order valence-electron chi connectivity index (χ1n) is 12.0. The molecule has 196 valence electrons. The Labute approximate surface area is 234 Å². The van der Waals surface area contributed by atoms with E-state index in [2.05, 4.69) is 41.5 Å². The van der Waals surface area contributed by atoms with Gasteiger partial charge in [0.25, 0.3) is 5.56 Å². The number of aryl methyl sites for hydroxylation is 1. The number of carbonyl (C=O) groups excluding carboxylic acids is 1. The molecule has 0 saturated carbocycles. The minimum Gasteiger partial charge on any atom is -0.496 e. The molecule has 38 heavy (non-hydrogen) atoms. The van der Waals surface area contributed by atoms with Crippen LogP contribution in [0.15, 0.2) is 58.4 Å². The number of carbonyl (C=O) groups is 1. The third-order valence-corrected chi connectivity index (χ3v) is 6.81. The molecule has 4 aromatic rings. The average molecular weight is 625 g/mol. The van der Waals surface area contributed by atoms with Crippen LogP contribution in [0.1, 0.15) is 43.4 Å². The van der Waals surface area contributed by atoms with Crippen molar-refractivity contribution in [3.8, 4) is 28.6 Å². The maximum Gasteiger partial charge on any atom is 0.308 e. The van der Waals surface area contributed by atoms with E-state index in [9.17, 15) is 9.59 Å². The van der Waals surface area contributed by atoms with E-state index in [0.29, 0.717) is 37.4 Å². The van der Waals surface area contributed by atoms with Gasteiger partial charge in [0, 0.05) is 12.5 Å². The first kappa shape index (κ1) is 27.3. The van der Waals surface area contributed by atoms with Gasteiger partial charge in [0.05, 0.1) is 34.9 Å². The summed E-state index contributed by atoms with van der Waals surface area (Å²) in [6.45, 7) is 7.46. The summed E-state index contributed by atoms with van der Waals surface area (Å²) in [5, 5.41) is 5.05. The van der Waals surface area contributed by atoms with E-state index in [0.717, 1.165) is 22.4 Å². The van der Waals surface area contributed by atoms with Crippen LogP contribution in [0.3, 0.4) is 0 Å². The smallest absolute Gasteiger partial charge is 0.308 e. The second-order valence-corrected chi connectivity index (χ2v) is 10.2. The van der Waals surface area contributed by atoms with Crippen LogP contribution in [0.4, 0.5) is 0 Å². The predicted molar refractivity (Wildman–Crippen MR) is 157 cm³/mol. The van der Waals surface area contributed by atoms with Crippen LogP contribution in [-0.4, -0.2) is 36.1 Å². The largest absolute Gasteiger partial charge is 0.496 e. The maximum absolute atomic E-state index is 13.7. The van der Waals surface area contributed by atoms with Crippen molar-refractivity contribution in [2.75, 3.05) is 14.2 Å². The van der Waals surface area contributed by atoms with Gasteiger partial charge in [-0.3, -0.25) is 9.59 Å². The number of aromatic nitrogens is 2. The van der Waals surface area contributed by atoms with E-state index in [1.165, 1.54) is 18.7 Å². The molecule has 0 radical (unpaired) electrons. The number of halogens is 1. The van der Waals surface area contributed by atoms with Crippen LogP contribution in [0, 0.1) is 10.5 Å². The molecule has 0 aliphatic heterocycles. The lowest BCUT2D eigenvalue weighted by molar-refractivity contribution is -0.132. The lowest BCUT2D eigenvalue weighted by Crippen LogP contribution is -2.21. The SMILES string of the molecule is COc1cc(C)c(-c2nc3ccccc3c(=O)n2N=Cc2cc(I)c(OC(C)=O)c(OC)c2)cc1C(C)C. The van der Waals surface area contributed by atoms with Gasteiger partial charge >= 0.3 is 5.97 Å². The highest BCUT2D eigenvalue weighted by Crippen LogP contribution is 2.35. The van der Waals surface area contributed by atoms with E-state index in [1.807, 2.05) is 31.2 Å². The van der Waals surface area contributed by atoms with Gasteiger partial charge in [-0.2, -0.15) is 9.78 Å². The van der Waals surface area contributed by atoms with Crippen LogP contribution < -0.4 is 19.8 Å². The molecule has 0 bridgehead atoms. The number of methoxy groups -OCH3 is 2. The minimum atomic E-state index is -0.448. The van der Waals surface area contributed by atoms with Gasteiger partial charge < -0.3 is 14.2 Å². The zero-order chi connectivity index (χ0) is 27.6. The highest BCUT2D eigenvalue weighted by atomic mass is 127. The van der Waals surface area contributed by atoms with Crippen molar-refractivity contribution in [1.29, 1.82) is 0 Å². The molecule has 0 spiro atoms.